The number of aromatic amines is 1. The minimum absolute atomic E-state index is 0.0360. The van der Waals surface area contributed by atoms with E-state index >= 15 is 0 Å². The number of hydrogen-bond acceptors (Lipinski definition) is 3. The van der Waals surface area contributed by atoms with Gasteiger partial charge < -0.3 is 4.90 Å². The van der Waals surface area contributed by atoms with Crippen LogP contribution in [-0.2, 0) is 5.41 Å². The van der Waals surface area contributed by atoms with E-state index in [1.807, 2.05) is 25.7 Å². The maximum absolute atomic E-state index is 12.3. The largest absolute Gasteiger partial charge is 0.333 e. The zero-order chi connectivity index (χ0) is 13.3. The Morgan fingerprint density at radius 2 is 2.11 bits per heavy atom. The standard InChI is InChI=1S/C13H22N4O/c1-5-8-17(9-6-7-9)11(18)10-14-12(16-15-10)13(2,3)4/h9H,5-8H2,1-4H3,(H,14,15,16). The first-order valence-electron chi connectivity index (χ1n) is 6.67. The molecule has 0 radical (unpaired) electrons. The van der Waals surface area contributed by atoms with Gasteiger partial charge in [0.2, 0.25) is 5.82 Å². The summed E-state index contributed by atoms with van der Waals surface area (Å²) in [6.07, 6.45) is 3.20. The summed E-state index contributed by atoms with van der Waals surface area (Å²) < 4.78 is 0. The third kappa shape index (κ3) is 2.71. The predicted molar refractivity (Wildman–Crippen MR) is 69.4 cm³/mol. The number of carbonyl (C=O) groups excluding carboxylic acids is 1. The van der Waals surface area contributed by atoms with E-state index < -0.39 is 0 Å². The van der Waals surface area contributed by atoms with Gasteiger partial charge in [-0.1, -0.05) is 27.7 Å². The minimum Gasteiger partial charge on any atom is -0.333 e. The molecule has 1 amide bonds. The van der Waals surface area contributed by atoms with Crippen molar-refractivity contribution in [2.45, 2.75) is 58.4 Å². The molecule has 1 aliphatic carbocycles. The molecule has 1 saturated carbocycles. The summed E-state index contributed by atoms with van der Waals surface area (Å²) in [5, 5.41) is 6.94. The third-order valence-corrected chi connectivity index (χ3v) is 3.10. The van der Waals surface area contributed by atoms with Gasteiger partial charge in [-0.05, 0) is 19.3 Å². The maximum Gasteiger partial charge on any atom is 0.293 e. The number of rotatable bonds is 4. The molecule has 1 N–H and O–H groups in total. The lowest BCUT2D eigenvalue weighted by atomic mass is 9.96. The minimum atomic E-state index is -0.110. The van der Waals surface area contributed by atoms with Gasteiger partial charge in [0.15, 0.2) is 0 Å². The second kappa shape index (κ2) is 4.71. The van der Waals surface area contributed by atoms with E-state index in [2.05, 4.69) is 22.1 Å². The second-order valence-electron chi connectivity index (χ2n) is 5.99. The van der Waals surface area contributed by atoms with Gasteiger partial charge in [-0.3, -0.25) is 9.89 Å². The van der Waals surface area contributed by atoms with Crippen LogP contribution in [-0.4, -0.2) is 38.6 Å². The summed E-state index contributed by atoms with van der Waals surface area (Å²) in [4.78, 5) is 18.6. The highest BCUT2D eigenvalue weighted by atomic mass is 16.2. The number of nitrogens with one attached hydrogen (secondary N) is 1. The Labute approximate surface area is 108 Å². The monoisotopic (exact) mass is 250 g/mol. The summed E-state index contributed by atoms with van der Waals surface area (Å²) in [6.45, 7) is 9.02. The van der Waals surface area contributed by atoms with Gasteiger partial charge in [0.1, 0.15) is 5.82 Å². The topological polar surface area (TPSA) is 61.9 Å². The van der Waals surface area contributed by atoms with Gasteiger partial charge in [0.25, 0.3) is 5.91 Å². The lowest BCUT2D eigenvalue weighted by Gasteiger charge is -2.19. The Balaban J connectivity index is 2.14. The van der Waals surface area contributed by atoms with Gasteiger partial charge in [-0.25, -0.2) is 4.98 Å². The van der Waals surface area contributed by atoms with Crippen molar-refractivity contribution in [2.24, 2.45) is 0 Å². The summed E-state index contributed by atoms with van der Waals surface area (Å²) in [5.41, 5.74) is -0.110. The first-order valence-corrected chi connectivity index (χ1v) is 6.67. The first-order chi connectivity index (χ1) is 8.43. The van der Waals surface area contributed by atoms with E-state index in [1.54, 1.807) is 0 Å². The molecule has 0 bridgehead atoms. The fourth-order valence-corrected chi connectivity index (χ4v) is 1.90. The van der Waals surface area contributed by atoms with Gasteiger partial charge in [-0.2, -0.15) is 0 Å². The van der Waals surface area contributed by atoms with Crippen LogP contribution >= 0.6 is 0 Å². The number of H-pyrrole nitrogens is 1. The zero-order valence-corrected chi connectivity index (χ0v) is 11.7. The van der Waals surface area contributed by atoms with Crippen molar-refractivity contribution < 1.29 is 4.79 Å². The van der Waals surface area contributed by atoms with Crippen molar-refractivity contribution in [1.29, 1.82) is 0 Å². The van der Waals surface area contributed by atoms with Crippen molar-refractivity contribution in [3.05, 3.63) is 11.6 Å². The number of carbonyl (C=O) groups is 1. The number of aromatic nitrogens is 3. The van der Waals surface area contributed by atoms with Gasteiger partial charge in [0.05, 0.1) is 0 Å². The van der Waals surface area contributed by atoms with Crippen LogP contribution in [0.5, 0.6) is 0 Å². The molecule has 1 aromatic heterocycles. The fourth-order valence-electron chi connectivity index (χ4n) is 1.90. The van der Waals surface area contributed by atoms with Crippen molar-refractivity contribution >= 4 is 5.91 Å². The average Bonchev–Trinajstić information content (AvgIpc) is 2.99. The quantitative estimate of drug-likeness (QED) is 0.890. The molecule has 1 aromatic rings. The van der Waals surface area contributed by atoms with Crippen molar-refractivity contribution in [1.82, 2.24) is 20.1 Å². The van der Waals surface area contributed by atoms with Crippen LogP contribution in [0.3, 0.4) is 0 Å². The third-order valence-electron chi connectivity index (χ3n) is 3.10. The Bertz CT molecular complexity index is 428. The summed E-state index contributed by atoms with van der Waals surface area (Å²) >= 11 is 0. The van der Waals surface area contributed by atoms with Gasteiger partial charge in [0, 0.05) is 18.0 Å². The number of amides is 1. The van der Waals surface area contributed by atoms with Crippen LogP contribution in [0.2, 0.25) is 0 Å². The molecule has 18 heavy (non-hydrogen) atoms. The van der Waals surface area contributed by atoms with Crippen molar-refractivity contribution in [3.63, 3.8) is 0 Å². The highest BCUT2D eigenvalue weighted by molar-refractivity contribution is 5.90. The van der Waals surface area contributed by atoms with E-state index in [1.165, 1.54) is 0 Å². The van der Waals surface area contributed by atoms with E-state index in [9.17, 15) is 4.79 Å². The second-order valence-corrected chi connectivity index (χ2v) is 5.99. The predicted octanol–water partition coefficient (Wildman–Crippen LogP) is 2.12. The Morgan fingerprint density at radius 1 is 1.44 bits per heavy atom. The lowest BCUT2D eigenvalue weighted by molar-refractivity contribution is 0.0731. The molecule has 0 unspecified atom stereocenters. The Hall–Kier alpha value is -1.39. The molecule has 2 rings (SSSR count). The fraction of sp³-hybridized carbons (Fsp3) is 0.769. The van der Waals surface area contributed by atoms with Crippen LogP contribution in [0.1, 0.15) is 63.4 Å². The maximum atomic E-state index is 12.3. The number of nitrogens with zero attached hydrogens (tertiary/aromatic N) is 3. The van der Waals surface area contributed by atoms with Crippen molar-refractivity contribution in [2.75, 3.05) is 6.54 Å². The van der Waals surface area contributed by atoms with Crippen LogP contribution in [0.15, 0.2) is 0 Å². The molecule has 1 fully saturated rings. The lowest BCUT2D eigenvalue weighted by Crippen LogP contribution is -2.34. The molecule has 1 heterocycles. The van der Waals surface area contributed by atoms with Gasteiger partial charge >= 0.3 is 0 Å². The van der Waals surface area contributed by atoms with E-state index in [-0.39, 0.29) is 11.3 Å². The molecule has 0 spiro atoms. The molecule has 1 aliphatic rings. The molecule has 0 atom stereocenters. The summed E-state index contributed by atoms with van der Waals surface area (Å²) in [6, 6.07) is 0.411. The Morgan fingerprint density at radius 3 is 2.56 bits per heavy atom. The highest BCUT2D eigenvalue weighted by Gasteiger charge is 2.34. The average molecular weight is 250 g/mol. The molecule has 0 saturated heterocycles. The van der Waals surface area contributed by atoms with E-state index in [0.717, 1.165) is 31.6 Å². The van der Waals surface area contributed by atoms with E-state index in [0.29, 0.717) is 11.9 Å². The van der Waals surface area contributed by atoms with Crippen molar-refractivity contribution in [3.8, 4) is 0 Å². The van der Waals surface area contributed by atoms with Crippen LogP contribution in [0.4, 0.5) is 0 Å². The smallest absolute Gasteiger partial charge is 0.293 e. The highest BCUT2D eigenvalue weighted by Crippen LogP contribution is 2.28. The van der Waals surface area contributed by atoms with Crippen LogP contribution in [0, 0.1) is 0 Å². The Kier molecular flexibility index (Phi) is 3.41. The number of hydrogen-bond donors (Lipinski definition) is 1. The molecule has 0 aliphatic heterocycles. The molecule has 100 valence electrons. The molecular formula is C13H22N4O. The van der Waals surface area contributed by atoms with Gasteiger partial charge in [-0.15, -0.1) is 5.10 Å². The first kappa shape index (κ1) is 13.1. The zero-order valence-electron chi connectivity index (χ0n) is 11.7. The summed E-state index contributed by atoms with van der Waals surface area (Å²) in [5.74, 6) is 1.03. The molecule has 5 nitrogen and oxygen atoms in total. The molecule has 5 heteroatoms. The van der Waals surface area contributed by atoms with E-state index in [4.69, 9.17) is 0 Å². The normalized spacial score (nSPS) is 15.8. The SMILES string of the molecule is CCCN(C(=O)c1n[nH]c(C(C)(C)C)n1)C1CC1. The summed E-state index contributed by atoms with van der Waals surface area (Å²) in [7, 11) is 0. The molecule has 0 aromatic carbocycles. The van der Waals surface area contributed by atoms with Crippen LogP contribution < -0.4 is 0 Å². The van der Waals surface area contributed by atoms with Crippen LogP contribution in [0.25, 0.3) is 0 Å². The molecular weight excluding hydrogens is 228 g/mol.